The average molecular weight is 744 g/mol. The van der Waals surface area contributed by atoms with E-state index in [0.29, 0.717) is 42.3 Å². The number of aliphatic hydroxyl groups is 1. The number of carbonyl (C=O) groups excluding carboxylic acids is 2. The molecule has 0 bridgehead atoms. The molecule has 8 rings (SSSR count). The van der Waals surface area contributed by atoms with Gasteiger partial charge in [-0.2, -0.15) is 0 Å². The van der Waals surface area contributed by atoms with Crippen molar-refractivity contribution in [3.63, 3.8) is 0 Å². The zero-order chi connectivity index (χ0) is 36.8. The molecule has 8 heteroatoms. The maximum absolute atomic E-state index is 12.3. The van der Waals surface area contributed by atoms with Crippen molar-refractivity contribution in [2.75, 3.05) is 57.0 Å². The van der Waals surface area contributed by atoms with Crippen LogP contribution in [-0.2, 0) is 9.59 Å². The van der Waals surface area contributed by atoms with Gasteiger partial charge in [-0.15, -0.1) is 11.8 Å². The highest BCUT2D eigenvalue weighted by Gasteiger charge is 2.66. The van der Waals surface area contributed by atoms with Gasteiger partial charge in [0, 0.05) is 59.2 Å². The average Bonchev–Trinajstić information content (AvgIpc) is 3.41. The van der Waals surface area contributed by atoms with Crippen molar-refractivity contribution in [1.29, 1.82) is 0 Å². The molecule has 0 amide bonds. The number of anilines is 2. The Morgan fingerprint density at radius 3 is 2.44 bits per heavy atom. The molecule has 52 heavy (non-hydrogen) atoms. The van der Waals surface area contributed by atoms with Crippen molar-refractivity contribution < 1.29 is 14.7 Å². The molecule has 1 saturated heterocycles. The first kappa shape index (κ1) is 38.2. The summed E-state index contributed by atoms with van der Waals surface area (Å²) in [5.74, 6) is 3.39. The van der Waals surface area contributed by atoms with E-state index in [1.807, 2.05) is 29.6 Å². The lowest BCUT2D eigenvalue weighted by molar-refractivity contribution is -0.161. The zero-order valence-corrected chi connectivity index (χ0v) is 34.1. The fraction of sp³-hybridized carbons (Fsp3) is 0.636. The lowest BCUT2D eigenvalue weighted by Gasteiger charge is -2.60. The van der Waals surface area contributed by atoms with Crippen LogP contribution in [0.3, 0.4) is 0 Å². The van der Waals surface area contributed by atoms with Crippen molar-refractivity contribution in [2.45, 2.75) is 106 Å². The van der Waals surface area contributed by atoms with Gasteiger partial charge in [-0.05, 0) is 137 Å². The Labute approximate surface area is 321 Å². The van der Waals surface area contributed by atoms with Crippen LogP contribution in [0.1, 0.15) is 86.0 Å². The van der Waals surface area contributed by atoms with Crippen LogP contribution in [0, 0.1) is 34.5 Å². The summed E-state index contributed by atoms with van der Waals surface area (Å²) in [5, 5.41) is 11.2. The van der Waals surface area contributed by atoms with Gasteiger partial charge >= 0.3 is 0 Å². The van der Waals surface area contributed by atoms with Crippen LogP contribution in [0.4, 0.5) is 11.4 Å². The quantitative estimate of drug-likeness (QED) is 0.282. The Morgan fingerprint density at radius 2 is 1.69 bits per heavy atom. The minimum absolute atomic E-state index is 0.0464. The Morgan fingerprint density at radius 1 is 0.962 bits per heavy atom. The largest absolute Gasteiger partial charge is 0.382 e. The first-order chi connectivity index (χ1) is 24.9. The highest BCUT2D eigenvalue weighted by atomic mass is 32.2. The van der Waals surface area contributed by atoms with Gasteiger partial charge in [-0.3, -0.25) is 9.59 Å². The Kier molecular flexibility index (Phi) is 11.2. The molecule has 0 radical (unpaired) electrons. The zero-order valence-electron chi connectivity index (χ0n) is 32.5. The minimum Gasteiger partial charge on any atom is -0.382 e. The molecule has 6 aliphatic rings. The van der Waals surface area contributed by atoms with E-state index in [1.54, 1.807) is 6.92 Å². The number of rotatable bonds is 7. The fourth-order valence-corrected chi connectivity index (χ4v) is 13.2. The lowest BCUT2D eigenvalue weighted by atomic mass is 9.45. The summed E-state index contributed by atoms with van der Waals surface area (Å²) in [5.41, 5.74) is 2.86. The molecule has 1 N–H and O–H groups in total. The Balaban J connectivity index is 0.000000162. The molecule has 0 unspecified atom stereocenters. The maximum Gasteiger partial charge on any atom is 0.161 e. The standard InChI is InChI=1S/C22H29N3S2.C22H32O3/c1-3-26-18-9-10-22-20(17-18)25(19-7-4-5-8-21(19)27-22)12-6-11-24-15-13-23(2)14-16-24;1-13-11-16-17(20(3)8-5-15(24)12-19(13)20)6-9-21(4)18(16)7-10-22(21,25)14(2)23/h4-5,7-10,17H,3,6,11-16H2,1-2H3;12-13,16-18,25H,5-11H2,1-4H3/t;13-,16+,17-,18-,20+,21-,22-/m.0/s1. The van der Waals surface area contributed by atoms with E-state index >= 15 is 0 Å². The molecule has 3 saturated carbocycles. The molecule has 4 fully saturated rings. The number of likely N-dealkylation sites (N-methyl/N-ethyl adjacent to an activating group) is 1. The Hall–Kier alpha value is -2.10. The van der Waals surface area contributed by atoms with Crippen molar-refractivity contribution in [2.24, 2.45) is 34.5 Å². The number of carbonyl (C=O) groups is 2. The van der Waals surface area contributed by atoms with E-state index in [0.717, 1.165) is 44.4 Å². The van der Waals surface area contributed by atoms with E-state index in [-0.39, 0.29) is 16.6 Å². The van der Waals surface area contributed by atoms with Gasteiger partial charge in [0.15, 0.2) is 11.6 Å². The number of allylic oxidation sites excluding steroid dienone is 1. The van der Waals surface area contributed by atoms with Crippen molar-refractivity contribution in [3.05, 3.63) is 54.1 Å². The molecular formula is C44H61N3O3S2. The van der Waals surface area contributed by atoms with Crippen LogP contribution >= 0.6 is 23.5 Å². The summed E-state index contributed by atoms with van der Waals surface area (Å²) >= 11 is 3.84. The molecule has 2 aliphatic heterocycles. The molecule has 6 nitrogen and oxygen atoms in total. The number of Topliss-reactive ketones (excluding diaryl/α,β-unsaturated/α-hetero) is 1. The van der Waals surface area contributed by atoms with E-state index in [4.69, 9.17) is 0 Å². The third-order valence-corrected chi connectivity index (χ3v) is 16.4. The predicted octanol–water partition coefficient (Wildman–Crippen LogP) is 9.12. The van der Waals surface area contributed by atoms with Crippen molar-refractivity contribution >= 4 is 46.5 Å². The van der Waals surface area contributed by atoms with Gasteiger partial charge in [-0.25, -0.2) is 0 Å². The van der Waals surface area contributed by atoms with Crippen LogP contribution in [0.2, 0.25) is 0 Å². The molecule has 2 aromatic carbocycles. The van der Waals surface area contributed by atoms with Crippen LogP contribution in [-0.4, -0.2) is 84.1 Å². The van der Waals surface area contributed by atoms with Crippen molar-refractivity contribution in [3.8, 4) is 0 Å². The van der Waals surface area contributed by atoms with Gasteiger partial charge in [0.2, 0.25) is 0 Å². The molecule has 0 spiro atoms. The molecule has 282 valence electrons. The summed E-state index contributed by atoms with van der Waals surface area (Å²) < 4.78 is 0. The fourth-order valence-electron chi connectivity index (χ4n) is 11.4. The van der Waals surface area contributed by atoms with E-state index in [9.17, 15) is 14.7 Å². The first-order valence-corrected chi connectivity index (χ1v) is 21.9. The molecule has 2 aromatic rings. The predicted molar refractivity (Wildman–Crippen MR) is 216 cm³/mol. The third-order valence-electron chi connectivity index (χ3n) is 14.4. The SMILES string of the molecule is CC(=O)[C@@]1(O)CC[C@H]2[C@@H]3C[C@H](C)C4=CC(=O)CC[C@]4(C)[C@H]3CC[C@@]21C.CCSc1ccc2c(c1)N(CCCN1CCN(C)CC1)c1ccccc1S2. The smallest absolute Gasteiger partial charge is 0.161 e. The normalized spacial score (nSPS) is 34.2. The molecule has 4 aliphatic carbocycles. The maximum atomic E-state index is 12.3. The number of thioether (sulfide) groups is 1. The van der Waals surface area contributed by atoms with E-state index < -0.39 is 5.60 Å². The molecular weight excluding hydrogens is 683 g/mol. The van der Waals surface area contributed by atoms with E-state index in [2.05, 4.69) is 91.9 Å². The molecule has 0 aromatic heterocycles. The van der Waals surface area contributed by atoms with Gasteiger partial charge in [0.05, 0.1) is 11.4 Å². The number of nitrogens with zero attached hydrogens (tertiary/aromatic N) is 3. The molecule has 2 heterocycles. The second-order valence-corrected chi connectivity index (χ2v) is 19.6. The van der Waals surface area contributed by atoms with Gasteiger partial charge in [0.25, 0.3) is 0 Å². The summed E-state index contributed by atoms with van der Waals surface area (Å²) in [6.45, 7) is 17.7. The van der Waals surface area contributed by atoms with Crippen LogP contribution < -0.4 is 4.90 Å². The third kappa shape index (κ3) is 6.86. The van der Waals surface area contributed by atoms with Gasteiger partial charge in [-0.1, -0.05) is 57.2 Å². The molecule has 7 atom stereocenters. The highest BCUT2D eigenvalue weighted by molar-refractivity contribution is 8.00. The lowest BCUT2D eigenvalue weighted by Crippen LogP contribution is -2.57. The number of para-hydroxylation sites is 1. The van der Waals surface area contributed by atoms with Crippen molar-refractivity contribution in [1.82, 2.24) is 9.80 Å². The number of benzene rings is 2. The summed E-state index contributed by atoms with van der Waals surface area (Å²) in [7, 11) is 2.22. The van der Waals surface area contributed by atoms with Gasteiger partial charge in [0.1, 0.15) is 5.60 Å². The first-order valence-electron chi connectivity index (χ1n) is 20.1. The topological polar surface area (TPSA) is 64.1 Å². The Bertz CT molecular complexity index is 1690. The summed E-state index contributed by atoms with van der Waals surface area (Å²) in [4.78, 5) is 36.0. The second-order valence-electron chi connectivity index (χ2n) is 17.2. The number of piperazine rings is 1. The number of hydrogen-bond donors (Lipinski definition) is 1. The van der Waals surface area contributed by atoms with Gasteiger partial charge < -0.3 is 19.8 Å². The number of hydrogen-bond acceptors (Lipinski definition) is 8. The summed E-state index contributed by atoms with van der Waals surface area (Å²) in [6, 6.07) is 15.8. The number of ketones is 2. The minimum atomic E-state index is -1.13. The van der Waals surface area contributed by atoms with Crippen LogP contribution in [0.25, 0.3) is 0 Å². The van der Waals surface area contributed by atoms with Crippen LogP contribution in [0.15, 0.2) is 68.8 Å². The number of fused-ring (bicyclic) bond motifs is 7. The van der Waals surface area contributed by atoms with E-state index in [1.165, 1.54) is 70.8 Å². The highest BCUT2D eigenvalue weighted by Crippen LogP contribution is 2.68. The monoisotopic (exact) mass is 743 g/mol. The summed E-state index contributed by atoms with van der Waals surface area (Å²) in [6.07, 6.45) is 9.51. The van der Waals surface area contributed by atoms with Crippen LogP contribution in [0.5, 0.6) is 0 Å². The second kappa shape index (κ2) is 15.2.